The van der Waals surface area contributed by atoms with Gasteiger partial charge >= 0.3 is 0 Å². The summed E-state index contributed by atoms with van der Waals surface area (Å²) in [4.78, 5) is 39.6. The smallest absolute Gasteiger partial charge is 0.248 e. The van der Waals surface area contributed by atoms with E-state index in [1.807, 2.05) is 30.3 Å². The van der Waals surface area contributed by atoms with Gasteiger partial charge < -0.3 is 5.32 Å². The fraction of sp³-hybridized carbons (Fsp3) is 0.0435. The van der Waals surface area contributed by atoms with E-state index in [0.29, 0.717) is 17.0 Å². The summed E-state index contributed by atoms with van der Waals surface area (Å²) < 4.78 is 0. The highest BCUT2D eigenvalue weighted by Gasteiger charge is 2.31. The first-order chi connectivity index (χ1) is 15.1. The van der Waals surface area contributed by atoms with Gasteiger partial charge in [-0.25, -0.2) is 0 Å². The van der Waals surface area contributed by atoms with Crippen molar-refractivity contribution in [2.24, 2.45) is 0 Å². The molecule has 31 heavy (non-hydrogen) atoms. The highest BCUT2D eigenvalue weighted by Crippen LogP contribution is 2.31. The molecule has 1 amide bonds. The van der Waals surface area contributed by atoms with Crippen molar-refractivity contribution in [2.45, 2.75) is 6.54 Å². The average Bonchev–Trinajstić information content (AvgIpc) is 3.26. The summed E-state index contributed by atoms with van der Waals surface area (Å²) in [5.41, 5.74) is 2.21. The van der Waals surface area contributed by atoms with Crippen LogP contribution in [0.5, 0.6) is 0 Å². The monoisotopic (exact) mass is 409 g/mol. The lowest BCUT2D eigenvalue weighted by molar-refractivity contribution is -0.117. The number of nitrogens with zero attached hydrogens (tertiary/aromatic N) is 4. The van der Waals surface area contributed by atoms with Crippen molar-refractivity contribution in [1.29, 1.82) is 0 Å². The van der Waals surface area contributed by atoms with Crippen LogP contribution in [0.4, 0.5) is 5.69 Å². The Labute approximate surface area is 176 Å². The van der Waals surface area contributed by atoms with Gasteiger partial charge in [0, 0.05) is 22.3 Å². The molecule has 8 nitrogen and oxygen atoms in total. The van der Waals surface area contributed by atoms with Gasteiger partial charge in [-0.15, -0.1) is 10.2 Å². The van der Waals surface area contributed by atoms with Crippen molar-refractivity contribution in [3.63, 3.8) is 0 Å². The van der Waals surface area contributed by atoms with Crippen molar-refractivity contribution >= 4 is 23.2 Å². The number of rotatable bonds is 4. The quantitative estimate of drug-likeness (QED) is 0.489. The highest BCUT2D eigenvalue weighted by molar-refractivity contribution is 6.30. The summed E-state index contributed by atoms with van der Waals surface area (Å²) in [6, 6.07) is 20.8. The lowest BCUT2D eigenvalue weighted by atomic mass is 9.83. The molecule has 1 aliphatic rings. The summed E-state index contributed by atoms with van der Waals surface area (Å²) in [5, 5.41) is 14.8. The molecule has 0 fully saturated rings. The van der Waals surface area contributed by atoms with Crippen LogP contribution < -0.4 is 5.32 Å². The van der Waals surface area contributed by atoms with Crippen LogP contribution in [-0.2, 0) is 11.3 Å². The number of tetrazole rings is 1. The number of carbonyl (C=O) groups excluding carboxylic acids is 3. The second-order valence-corrected chi connectivity index (χ2v) is 6.99. The van der Waals surface area contributed by atoms with Crippen molar-refractivity contribution in [3.05, 3.63) is 95.1 Å². The Morgan fingerprint density at radius 1 is 0.806 bits per heavy atom. The van der Waals surface area contributed by atoms with Crippen LogP contribution >= 0.6 is 0 Å². The number of amides is 1. The van der Waals surface area contributed by atoms with Crippen molar-refractivity contribution < 1.29 is 14.4 Å². The van der Waals surface area contributed by atoms with E-state index < -0.39 is 5.91 Å². The minimum absolute atomic E-state index is 0.191. The molecule has 5 rings (SSSR count). The second kappa shape index (κ2) is 7.42. The molecule has 0 radical (unpaired) electrons. The van der Waals surface area contributed by atoms with Crippen molar-refractivity contribution in [3.8, 4) is 11.4 Å². The summed E-state index contributed by atoms with van der Waals surface area (Å²) in [6.07, 6.45) is 0. The zero-order valence-corrected chi connectivity index (χ0v) is 16.1. The van der Waals surface area contributed by atoms with E-state index >= 15 is 0 Å². The molecule has 150 valence electrons. The van der Waals surface area contributed by atoms with Gasteiger partial charge in [-0.05, 0) is 11.3 Å². The maximum Gasteiger partial charge on any atom is 0.248 e. The molecule has 1 aliphatic carbocycles. The Morgan fingerprint density at radius 3 is 2.26 bits per heavy atom. The molecule has 1 N–H and O–H groups in total. The fourth-order valence-electron chi connectivity index (χ4n) is 3.58. The molecule has 4 aromatic rings. The van der Waals surface area contributed by atoms with Gasteiger partial charge in [-0.1, -0.05) is 66.7 Å². The molecule has 0 aliphatic heterocycles. The van der Waals surface area contributed by atoms with E-state index in [4.69, 9.17) is 0 Å². The first kappa shape index (κ1) is 18.6. The van der Waals surface area contributed by atoms with Gasteiger partial charge in [0.15, 0.2) is 11.6 Å². The summed E-state index contributed by atoms with van der Waals surface area (Å²) in [7, 11) is 0. The zero-order chi connectivity index (χ0) is 21.4. The summed E-state index contributed by atoms with van der Waals surface area (Å²) >= 11 is 0. The van der Waals surface area contributed by atoms with Crippen molar-refractivity contribution in [1.82, 2.24) is 20.2 Å². The standard InChI is InChI=1S/C23H15N5O3/c29-19(13-28-26-23(25-27-28)14-7-2-1-3-8-14)24-18-12-6-11-17-20(18)22(31)16-10-5-4-9-15(16)21(17)30/h1-12H,13H2,(H,24,29). The first-order valence-electron chi connectivity index (χ1n) is 9.56. The number of anilines is 1. The number of benzene rings is 3. The SMILES string of the molecule is O=C(Cn1nnc(-c2ccccc2)n1)Nc1cccc2c1C(=O)c1ccccc1C2=O. The lowest BCUT2D eigenvalue weighted by Gasteiger charge is -2.20. The average molecular weight is 409 g/mol. The van der Waals surface area contributed by atoms with Crippen LogP contribution in [0, 0.1) is 0 Å². The molecule has 8 heteroatoms. The molecule has 1 aromatic heterocycles. The number of hydrogen-bond acceptors (Lipinski definition) is 6. The van der Waals surface area contributed by atoms with E-state index in [9.17, 15) is 14.4 Å². The van der Waals surface area contributed by atoms with Gasteiger partial charge in [0.1, 0.15) is 6.54 Å². The van der Waals surface area contributed by atoms with Gasteiger partial charge in [-0.2, -0.15) is 4.80 Å². The van der Waals surface area contributed by atoms with Crippen LogP contribution in [-0.4, -0.2) is 37.7 Å². The normalized spacial score (nSPS) is 12.3. The highest BCUT2D eigenvalue weighted by atomic mass is 16.2. The van der Waals surface area contributed by atoms with E-state index in [2.05, 4.69) is 20.7 Å². The third-order valence-corrected chi connectivity index (χ3v) is 5.00. The lowest BCUT2D eigenvalue weighted by Crippen LogP contribution is -2.25. The van der Waals surface area contributed by atoms with Gasteiger partial charge in [0.25, 0.3) is 0 Å². The molecule has 0 atom stereocenters. The molecule has 0 spiro atoms. The van der Waals surface area contributed by atoms with Crippen LogP contribution in [0.2, 0.25) is 0 Å². The molecule has 0 bridgehead atoms. The second-order valence-electron chi connectivity index (χ2n) is 6.99. The number of hydrogen-bond donors (Lipinski definition) is 1. The minimum Gasteiger partial charge on any atom is -0.324 e. The Morgan fingerprint density at radius 2 is 1.48 bits per heavy atom. The number of carbonyl (C=O) groups is 3. The van der Waals surface area contributed by atoms with Crippen molar-refractivity contribution in [2.75, 3.05) is 5.32 Å². The molecule has 0 saturated heterocycles. The number of fused-ring (bicyclic) bond motifs is 2. The number of ketones is 2. The largest absolute Gasteiger partial charge is 0.324 e. The van der Waals surface area contributed by atoms with Crippen LogP contribution in [0.25, 0.3) is 11.4 Å². The number of aromatic nitrogens is 4. The van der Waals surface area contributed by atoms with Crippen LogP contribution in [0.3, 0.4) is 0 Å². The predicted octanol–water partition coefficient (Wildman–Crippen LogP) is 2.75. The molecule has 0 saturated carbocycles. The third kappa shape index (κ3) is 3.29. The topological polar surface area (TPSA) is 107 Å². The van der Waals surface area contributed by atoms with Gasteiger partial charge in [-0.3, -0.25) is 14.4 Å². The van der Waals surface area contributed by atoms with Gasteiger partial charge in [0.2, 0.25) is 11.7 Å². The van der Waals surface area contributed by atoms with Gasteiger partial charge in [0.05, 0.1) is 11.3 Å². The van der Waals surface area contributed by atoms with E-state index in [1.165, 1.54) is 4.80 Å². The van der Waals surface area contributed by atoms with Crippen LogP contribution in [0.15, 0.2) is 72.8 Å². The van der Waals surface area contributed by atoms with E-state index in [-0.39, 0.29) is 34.9 Å². The summed E-state index contributed by atoms with van der Waals surface area (Å²) in [5.74, 6) is -0.578. The molecule has 3 aromatic carbocycles. The maximum atomic E-state index is 13.0. The zero-order valence-electron chi connectivity index (χ0n) is 16.1. The fourth-order valence-corrected chi connectivity index (χ4v) is 3.58. The molecule has 0 unspecified atom stereocenters. The molecule has 1 heterocycles. The van der Waals surface area contributed by atoms with E-state index in [1.54, 1.807) is 42.5 Å². The minimum atomic E-state index is -0.440. The Hall–Kier alpha value is -4.46. The Bertz CT molecular complexity index is 1340. The van der Waals surface area contributed by atoms with Crippen LogP contribution in [0.1, 0.15) is 31.8 Å². The predicted molar refractivity (Wildman–Crippen MR) is 112 cm³/mol. The number of nitrogens with one attached hydrogen (secondary N) is 1. The first-order valence-corrected chi connectivity index (χ1v) is 9.56. The third-order valence-electron chi connectivity index (χ3n) is 5.00. The Balaban J connectivity index is 1.39. The Kier molecular flexibility index (Phi) is 4.44. The molecular formula is C23H15N5O3. The van der Waals surface area contributed by atoms with E-state index in [0.717, 1.165) is 5.56 Å². The molecular weight excluding hydrogens is 394 g/mol. The maximum absolute atomic E-state index is 13.0. The summed E-state index contributed by atoms with van der Waals surface area (Å²) in [6.45, 7) is -0.192.